The average molecular weight is 989 g/mol. The SMILES string of the molecule is CNC(=O)[C@@H]1CC(=O)N(C)CC(=O)NC(C(C)C)C(=O)N(C)[C@@H](CC(C)C)C(=O)N(C)[C@@H](Cc2ccccc2)C(=O)NCC(=O)N(C)[C@@H](Cc2ccccc2)C(=O)N(C)[C@@H](C)C(=O)N[C@]2(O[C@@H]2C)C(=O)N1. The molecule has 0 aromatic heterocycles. The molecule has 8 atom stereocenters. The van der Waals surface area contributed by atoms with E-state index in [0.29, 0.717) is 11.1 Å². The molecule has 2 heterocycles. The minimum Gasteiger partial charge on any atom is -0.357 e. The first kappa shape index (κ1) is 56.7. The molecule has 4 rings (SSSR count). The molecule has 71 heavy (non-hydrogen) atoms. The lowest BCUT2D eigenvalue weighted by atomic mass is 9.97. The predicted octanol–water partition coefficient (Wildman–Crippen LogP) is -0.573. The molecular formula is C50H72N10O11. The summed E-state index contributed by atoms with van der Waals surface area (Å²) in [5, 5.41) is 12.8. The first-order chi connectivity index (χ1) is 33.3. The summed E-state index contributed by atoms with van der Waals surface area (Å²) in [6.07, 6.45) is -1.32. The van der Waals surface area contributed by atoms with E-state index in [4.69, 9.17) is 4.74 Å². The summed E-state index contributed by atoms with van der Waals surface area (Å²) < 4.78 is 5.61. The minimum atomic E-state index is -2.00. The Morgan fingerprint density at radius 3 is 1.72 bits per heavy atom. The molecule has 2 aliphatic rings. The number of nitrogens with zero attached hydrogens (tertiary/aromatic N) is 5. The standard InChI is InChI=1S/C50H72N10O11/c1-29(2)23-37-47(68)59(11)36(24-33-19-15-13-16-20-33)45(66)52-27-41(63)58(10)38(25-34-21-17-14-18-22-34)46(67)57(9)31(5)43(64)55-50(32(6)71-50)49(70)53-35(44(65)51-7)26-40(62)56(8)28-39(61)54-42(30(3)4)48(69)60(37)12/h13-22,29-32,35-38,42H,23-28H2,1-12H3,(H,51,65)(H,52,66)(H,53,70)(H,54,61)(H,55,64)/t31-,32+,35-,36-,37-,38-,42?,50+/m0/s1. The number of likely N-dealkylation sites (N-methyl/N-ethyl adjacent to an activating group) is 6. The van der Waals surface area contributed by atoms with Gasteiger partial charge in [0.2, 0.25) is 58.9 Å². The molecule has 10 amide bonds. The second kappa shape index (κ2) is 24.8. The van der Waals surface area contributed by atoms with Gasteiger partial charge >= 0.3 is 0 Å². The van der Waals surface area contributed by atoms with Crippen LogP contribution in [0.15, 0.2) is 60.7 Å². The molecule has 2 aliphatic heterocycles. The third-order valence-corrected chi connectivity index (χ3v) is 13.2. The summed E-state index contributed by atoms with van der Waals surface area (Å²) >= 11 is 0. The number of carbonyl (C=O) groups excluding carboxylic acids is 10. The van der Waals surface area contributed by atoms with Crippen LogP contribution in [-0.2, 0) is 65.5 Å². The van der Waals surface area contributed by atoms with E-state index in [9.17, 15) is 47.9 Å². The van der Waals surface area contributed by atoms with Crippen molar-refractivity contribution >= 4 is 59.1 Å². The van der Waals surface area contributed by atoms with Crippen molar-refractivity contribution in [1.82, 2.24) is 51.1 Å². The maximum absolute atomic E-state index is 14.7. The lowest BCUT2D eigenvalue weighted by molar-refractivity contribution is -0.150. The maximum Gasteiger partial charge on any atom is 0.276 e. The summed E-state index contributed by atoms with van der Waals surface area (Å²) in [7, 11) is 8.25. The van der Waals surface area contributed by atoms with Crippen molar-refractivity contribution in [1.29, 1.82) is 0 Å². The number of nitrogens with one attached hydrogen (secondary N) is 5. The molecule has 1 unspecified atom stereocenters. The number of epoxide rings is 1. The number of hydrogen-bond acceptors (Lipinski definition) is 11. The van der Waals surface area contributed by atoms with Crippen molar-refractivity contribution in [2.75, 3.05) is 55.4 Å². The molecule has 0 bridgehead atoms. The Hall–Kier alpha value is -6.90. The Morgan fingerprint density at radius 1 is 0.690 bits per heavy atom. The van der Waals surface area contributed by atoms with Crippen LogP contribution in [0.3, 0.4) is 0 Å². The second-order valence-corrected chi connectivity index (χ2v) is 19.2. The average Bonchev–Trinajstić information content (AvgIpc) is 4.01. The fourth-order valence-electron chi connectivity index (χ4n) is 8.26. The number of amides is 10. The van der Waals surface area contributed by atoms with Gasteiger partial charge in [-0.3, -0.25) is 47.9 Å². The first-order valence-corrected chi connectivity index (χ1v) is 23.8. The zero-order chi connectivity index (χ0) is 53.1. The third kappa shape index (κ3) is 14.4. The quantitative estimate of drug-likeness (QED) is 0.209. The smallest absolute Gasteiger partial charge is 0.276 e. The van der Waals surface area contributed by atoms with Crippen molar-refractivity contribution < 1.29 is 52.7 Å². The highest BCUT2D eigenvalue weighted by atomic mass is 16.6. The normalized spacial score (nSPS) is 26.8. The van der Waals surface area contributed by atoms with E-state index in [2.05, 4.69) is 26.6 Å². The third-order valence-electron chi connectivity index (χ3n) is 13.2. The van der Waals surface area contributed by atoms with Crippen molar-refractivity contribution in [3.05, 3.63) is 71.8 Å². The van der Waals surface area contributed by atoms with E-state index in [1.54, 1.807) is 74.5 Å². The van der Waals surface area contributed by atoms with Gasteiger partial charge in [-0.15, -0.1) is 0 Å². The van der Waals surface area contributed by atoms with Crippen LogP contribution in [-0.4, -0.2) is 187 Å². The van der Waals surface area contributed by atoms with Crippen LogP contribution in [0.1, 0.15) is 65.5 Å². The lowest BCUT2D eigenvalue weighted by Gasteiger charge is -2.37. The fraction of sp³-hybridized carbons (Fsp3) is 0.560. The van der Waals surface area contributed by atoms with E-state index < -0.39 is 133 Å². The summed E-state index contributed by atoms with van der Waals surface area (Å²) in [5.41, 5.74) is -0.614. The van der Waals surface area contributed by atoms with Crippen LogP contribution in [0, 0.1) is 11.8 Å². The van der Waals surface area contributed by atoms with Crippen LogP contribution in [0.5, 0.6) is 0 Å². The number of benzene rings is 2. The van der Waals surface area contributed by atoms with Gasteiger partial charge in [0.15, 0.2) is 0 Å². The zero-order valence-corrected chi connectivity index (χ0v) is 42.9. The van der Waals surface area contributed by atoms with Crippen LogP contribution < -0.4 is 26.6 Å². The molecule has 21 nitrogen and oxygen atoms in total. The van der Waals surface area contributed by atoms with E-state index in [1.165, 1.54) is 70.8 Å². The van der Waals surface area contributed by atoms with Gasteiger partial charge in [-0.2, -0.15) is 0 Å². The second-order valence-electron chi connectivity index (χ2n) is 19.2. The van der Waals surface area contributed by atoms with E-state index in [1.807, 2.05) is 13.8 Å². The van der Waals surface area contributed by atoms with Gasteiger partial charge in [-0.05, 0) is 43.2 Å². The molecule has 2 saturated heterocycles. The predicted molar refractivity (Wildman–Crippen MR) is 261 cm³/mol. The molecular weight excluding hydrogens is 917 g/mol. The molecule has 1 spiro atoms. The Kier molecular flexibility index (Phi) is 19.8. The number of hydrogen-bond donors (Lipinski definition) is 5. The van der Waals surface area contributed by atoms with Gasteiger partial charge in [0.25, 0.3) is 5.91 Å². The monoisotopic (exact) mass is 989 g/mol. The van der Waals surface area contributed by atoms with Gasteiger partial charge in [-0.1, -0.05) is 88.4 Å². The highest BCUT2D eigenvalue weighted by molar-refractivity contribution is 6.00. The van der Waals surface area contributed by atoms with Crippen molar-refractivity contribution in [2.24, 2.45) is 11.8 Å². The van der Waals surface area contributed by atoms with E-state index in [-0.39, 0.29) is 25.2 Å². The summed E-state index contributed by atoms with van der Waals surface area (Å²) in [4.78, 5) is 146. The van der Waals surface area contributed by atoms with Gasteiger partial charge in [-0.25, -0.2) is 0 Å². The minimum absolute atomic E-state index is 0.00845. The van der Waals surface area contributed by atoms with Crippen LogP contribution in [0.4, 0.5) is 0 Å². The summed E-state index contributed by atoms with van der Waals surface area (Å²) in [5.74, 6) is -7.86. The van der Waals surface area contributed by atoms with Gasteiger partial charge < -0.3 is 55.8 Å². The lowest BCUT2D eigenvalue weighted by Crippen LogP contribution is -2.61. The van der Waals surface area contributed by atoms with Crippen LogP contribution in [0.2, 0.25) is 0 Å². The topological polar surface area (TPSA) is 260 Å². The van der Waals surface area contributed by atoms with Crippen LogP contribution in [0.25, 0.3) is 0 Å². The van der Waals surface area contributed by atoms with Gasteiger partial charge in [0.1, 0.15) is 42.4 Å². The number of ether oxygens (including phenoxy) is 1. The summed E-state index contributed by atoms with van der Waals surface area (Å²) in [6.45, 7) is 8.92. The Labute approximate surface area is 416 Å². The van der Waals surface area contributed by atoms with Crippen LogP contribution >= 0.6 is 0 Å². The Morgan fingerprint density at radius 2 is 1.21 bits per heavy atom. The van der Waals surface area contributed by atoms with Crippen molar-refractivity contribution in [2.45, 2.75) is 115 Å². The molecule has 2 aromatic carbocycles. The molecule has 0 radical (unpaired) electrons. The highest BCUT2D eigenvalue weighted by Gasteiger charge is 2.62. The van der Waals surface area contributed by atoms with E-state index in [0.717, 1.165) is 9.80 Å². The molecule has 21 heteroatoms. The molecule has 0 saturated carbocycles. The summed E-state index contributed by atoms with van der Waals surface area (Å²) in [6, 6.07) is 10.3. The fourth-order valence-corrected chi connectivity index (χ4v) is 8.26. The van der Waals surface area contributed by atoms with E-state index >= 15 is 0 Å². The van der Waals surface area contributed by atoms with Crippen molar-refractivity contribution in [3.8, 4) is 0 Å². The molecule has 2 fully saturated rings. The van der Waals surface area contributed by atoms with Gasteiger partial charge in [0.05, 0.1) is 19.5 Å². The molecule has 5 N–H and O–H groups in total. The largest absolute Gasteiger partial charge is 0.357 e. The molecule has 2 aromatic rings. The Balaban J connectivity index is 1.79. The van der Waals surface area contributed by atoms with Crippen molar-refractivity contribution in [3.63, 3.8) is 0 Å². The first-order valence-electron chi connectivity index (χ1n) is 23.8. The zero-order valence-electron chi connectivity index (χ0n) is 42.9. The highest BCUT2D eigenvalue weighted by Crippen LogP contribution is 2.34. The number of carbonyl (C=O) groups is 10. The Bertz CT molecular complexity index is 2280. The maximum atomic E-state index is 14.7. The molecule has 0 aliphatic carbocycles. The molecule has 388 valence electrons. The number of rotatable bonds is 8. The van der Waals surface area contributed by atoms with Gasteiger partial charge in [0, 0.05) is 55.1 Å².